The number of rotatable bonds is 2. The fraction of sp³-hybridized carbons (Fsp3) is 0.625. The highest BCUT2D eigenvalue weighted by Gasteiger charge is 2.41. The number of fused-ring (bicyclic) bond motifs is 1. The zero-order valence-corrected chi connectivity index (χ0v) is 13.6. The molecule has 0 aromatic heterocycles. The molecule has 0 bridgehead atoms. The number of hydrogen-bond acceptors (Lipinski definition) is 3. The molecule has 3 rings (SSSR count). The molecule has 1 aromatic carbocycles. The van der Waals surface area contributed by atoms with Crippen molar-refractivity contribution in [3.8, 4) is 0 Å². The Morgan fingerprint density at radius 1 is 1.05 bits per heavy atom. The van der Waals surface area contributed by atoms with Crippen molar-refractivity contribution in [2.24, 2.45) is 17.6 Å². The molecule has 0 radical (unpaired) electrons. The van der Waals surface area contributed by atoms with E-state index in [2.05, 4.69) is 0 Å². The number of sulfonamides is 1. The number of nitrogens with two attached hydrogens (primary N) is 1. The van der Waals surface area contributed by atoms with Gasteiger partial charge >= 0.3 is 0 Å². The van der Waals surface area contributed by atoms with E-state index < -0.39 is 10.0 Å². The predicted octanol–water partition coefficient (Wildman–Crippen LogP) is 2.05. The first kappa shape index (κ1) is 15.0. The molecule has 116 valence electrons. The van der Waals surface area contributed by atoms with Crippen LogP contribution in [0.3, 0.4) is 0 Å². The van der Waals surface area contributed by atoms with Gasteiger partial charge in [-0.05, 0) is 68.2 Å². The Hall–Kier alpha value is -0.910. The quantitative estimate of drug-likeness (QED) is 0.909. The number of nitrogens with zero attached hydrogens (tertiary/aromatic N) is 1. The lowest BCUT2D eigenvalue weighted by atomic mass is 9.79. The fourth-order valence-corrected chi connectivity index (χ4v) is 5.60. The van der Waals surface area contributed by atoms with Crippen LogP contribution in [0.15, 0.2) is 23.1 Å². The maximum Gasteiger partial charge on any atom is 0.243 e. The lowest BCUT2D eigenvalue weighted by molar-refractivity contribution is 0.271. The molecule has 1 saturated heterocycles. The zero-order valence-electron chi connectivity index (χ0n) is 12.7. The average Bonchev–Trinajstić information content (AvgIpc) is 2.81. The minimum absolute atomic E-state index is 0.245. The lowest BCUT2D eigenvalue weighted by Crippen LogP contribution is -2.32. The molecule has 0 amide bonds. The molecule has 1 unspecified atom stereocenters. The topological polar surface area (TPSA) is 63.4 Å². The summed E-state index contributed by atoms with van der Waals surface area (Å²) in [4.78, 5) is 0.433. The van der Waals surface area contributed by atoms with Gasteiger partial charge < -0.3 is 5.73 Å². The number of aryl methyl sites for hydroxylation is 2. The summed E-state index contributed by atoms with van der Waals surface area (Å²) in [6.07, 6.45) is 3.05. The van der Waals surface area contributed by atoms with Gasteiger partial charge in [-0.15, -0.1) is 0 Å². The van der Waals surface area contributed by atoms with E-state index in [0.29, 0.717) is 29.8 Å². The summed E-state index contributed by atoms with van der Waals surface area (Å²) >= 11 is 0. The van der Waals surface area contributed by atoms with E-state index in [0.717, 1.165) is 30.4 Å². The molecular weight excluding hydrogens is 284 g/mol. The van der Waals surface area contributed by atoms with Crippen LogP contribution in [0.4, 0.5) is 0 Å². The smallest absolute Gasteiger partial charge is 0.243 e. The maximum absolute atomic E-state index is 12.9. The molecule has 5 heteroatoms. The first-order chi connectivity index (χ1) is 9.86. The first-order valence-electron chi connectivity index (χ1n) is 7.70. The Kier molecular flexibility index (Phi) is 3.84. The maximum atomic E-state index is 12.9. The van der Waals surface area contributed by atoms with Crippen molar-refractivity contribution < 1.29 is 8.42 Å². The van der Waals surface area contributed by atoms with Gasteiger partial charge in [-0.3, -0.25) is 0 Å². The summed E-state index contributed by atoms with van der Waals surface area (Å²) in [5.74, 6) is 0.930. The van der Waals surface area contributed by atoms with Crippen molar-refractivity contribution in [2.45, 2.75) is 44.0 Å². The van der Waals surface area contributed by atoms with Crippen molar-refractivity contribution in [1.82, 2.24) is 4.31 Å². The Labute approximate surface area is 127 Å². The highest BCUT2D eigenvalue weighted by atomic mass is 32.2. The highest BCUT2D eigenvalue weighted by molar-refractivity contribution is 7.89. The molecule has 21 heavy (non-hydrogen) atoms. The normalized spacial score (nSPS) is 30.3. The van der Waals surface area contributed by atoms with Gasteiger partial charge in [-0.2, -0.15) is 4.31 Å². The molecule has 1 aliphatic heterocycles. The monoisotopic (exact) mass is 308 g/mol. The molecular formula is C16H24N2O2S. The van der Waals surface area contributed by atoms with E-state index in [4.69, 9.17) is 5.73 Å². The number of hydrogen-bond donors (Lipinski definition) is 1. The molecule has 2 N–H and O–H groups in total. The van der Waals surface area contributed by atoms with Crippen molar-refractivity contribution in [2.75, 3.05) is 13.1 Å². The van der Waals surface area contributed by atoms with Crippen molar-refractivity contribution in [1.29, 1.82) is 0 Å². The van der Waals surface area contributed by atoms with E-state index in [1.54, 1.807) is 16.4 Å². The molecule has 1 aromatic rings. The largest absolute Gasteiger partial charge is 0.328 e. The van der Waals surface area contributed by atoms with Crippen LogP contribution in [0.2, 0.25) is 0 Å². The van der Waals surface area contributed by atoms with Gasteiger partial charge in [0, 0.05) is 19.1 Å². The third-order valence-corrected chi connectivity index (χ3v) is 6.70. The van der Waals surface area contributed by atoms with Gasteiger partial charge in [0.15, 0.2) is 0 Å². The molecule has 1 saturated carbocycles. The second kappa shape index (κ2) is 5.38. The van der Waals surface area contributed by atoms with E-state index in [1.165, 1.54) is 0 Å². The molecule has 1 aliphatic carbocycles. The standard InChI is InChI=1S/C16H24N2O2S/c1-11-5-12(2)7-16(6-11)21(19,20)18-9-13-3-4-15(17)8-14(13)10-18/h5-7,13-15H,3-4,8-10,17H2,1-2H3/t13-,14+,15?/m1/s1. The van der Waals surface area contributed by atoms with Crippen LogP contribution in [0.5, 0.6) is 0 Å². The van der Waals surface area contributed by atoms with Gasteiger partial charge in [-0.1, -0.05) is 6.07 Å². The van der Waals surface area contributed by atoms with Crippen LogP contribution in [0.25, 0.3) is 0 Å². The Morgan fingerprint density at radius 2 is 1.67 bits per heavy atom. The molecule has 4 nitrogen and oxygen atoms in total. The van der Waals surface area contributed by atoms with Gasteiger partial charge in [0.25, 0.3) is 0 Å². The van der Waals surface area contributed by atoms with E-state index in [1.807, 2.05) is 19.9 Å². The van der Waals surface area contributed by atoms with Gasteiger partial charge in [0.1, 0.15) is 0 Å². The molecule has 2 aliphatic rings. The second-order valence-corrected chi connectivity index (χ2v) is 8.68. The van der Waals surface area contributed by atoms with Crippen molar-refractivity contribution >= 4 is 10.0 Å². The lowest BCUT2D eigenvalue weighted by Gasteiger charge is -2.28. The van der Waals surface area contributed by atoms with E-state index in [9.17, 15) is 8.42 Å². The molecule has 3 atom stereocenters. The third kappa shape index (κ3) is 2.87. The minimum Gasteiger partial charge on any atom is -0.328 e. The van der Waals surface area contributed by atoms with Crippen molar-refractivity contribution in [3.63, 3.8) is 0 Å². The summed E-state index contributed by atoms with van der Waals surface area (Å²) in [7, 11) is -3.37. The SMILES string of the molecule is Cc1cc(C)cc(S(=O)(=O)N2C[C@H]3CCC(N)C[C@H]3C2)c1. The Bertz CT molecular complexity index is 621. The Balaban J connectivity index is 1.86. The highest BCUT2D eigenvalue weighted by Crippen LogP contribution is 2.38. The third-order valence-electron chi connectivity index (χ3n) is 4.89. The zero-order chi connectivity index (χ0) is 15.2. The first-order valence-corrected chi connectivity index (χ1v) is 9.14. The summed E-state index contributed by atoms with van der Waals surface area (Å²) < 4.78 is 27.4. The average molecular weight is 308 g/mol. The molecule has 0 spiro atoms. The van der Waals surface area contributed by atoms with Crippen molar-refractivity contribution in [3.05, 3.63) is 29.3 Å². The second-order valence-electron chi connectivity index (χ2n) is 6.74. The summed E-state index contributed by atoms with van der Waals surface area (Å²) in [6, 6.07) is 5.79. The summed E-state index contributed by atoms with van der Waals surface area (Å²) in [5, 5.41) is 0. The fourth-order valence-electron chi connectivity index (χ4n) is 3.85. The summed E-state index contributed by atoms with van der Waals surface area (Å²) in [5.41, 5.74) is 8.01. The van der Waals surface area contributed by atoms with Crippen LogP contribution >= 0.6 is 0 Å². The minimum atomic E-state index is -3.37. The van der Waals surface area contributed by atoms with E-state index >= 15 is 0 Å². The van der Waals surface area contributed by atoms with Gasteiger partial charge in [0.05, 0.1) is 4.90 Å². The van der Waals surface area contributed by atoms with Gasteiger partial charge in [-0.25, -0.2) is 8.42 Å². The molecule has 2 fully saturated rings. The van der Waals surface area contributed by atoms with Crippen LogP contribution in [-0.2, 0) is 10.0 Å². The predicted molar refractivity (Wildman–Crippen MR) is 83.5 cm³/mol. The van der Waals surface area contributed by atoms with Crippen LogP contribution in [-0.4, -0.2) is 31.9 Å². The van der Waals surface area contributed by atoms with Gasteiger partial charge in [0.2, 0.25) is 10.0 Å². The van der Waals surface area contributed by atoms with Crippen LogP contribution in [0.1, 0.15) is 30.4 Å². The summed E-state index contributed by atoms with van der Waals surface area (Å²) in [6.45, 7) is 5.17. The molecule has 1 heterocycles. The van der Waals surface area contributed by atoms with Crippen LogP contribution in [0, 0.1) is 25.7 Å². The van der Waals surface area contributed by atoms with Crippen LogP contribution < -0.4 is 5.73 Å². The van der Waals surface area contributed by atoms with E-state index in [-0.39, 0.29) is 6.04 Å². The number of benzene rings is 1. The Morgan fingerprint density at radius 3 is 2.33 bits per heavy atom.